The van der Waals surface area contributed by atoms with E-state index in [1.807, 2.05) is 0 Å². The Kier molecular flexibility index (Phi) is 17.2. The molecule has 1 atom stereocenters. The summed E-state index contributed by atoms with van der Waals surface area (Å²) in [7, 11) is 0. The molecule has 1 fully saturated rings. The molecule has 33 heavy (non-hydrogen) atoms. The van der Waals surface area contributed by atoms with Crippen molar-refractivity contribution in [3.05, 3.63) is 29.8 Å². The highest BCUT2D eigenvalue weighted by Crippen LogP contribution is 2.15. The normalized spacial score (nSPS) is 16.2. The second-order valence-electron chi connectivity index (χ2n) is 8.51. The van der Waals surface area contributed by atoms with Gasteiger partial charge in [0.2, 0.25) is 0 Å². The van der Waals surface area contributed by atoms with Gasteiger partial charge in [-0.15, -0.1) is 0 Å². The van der Waals surface area contributed by atoms with Gasteiger partial charge in [-0.25, -0.2) is 0 Å². The minimum Gasteiger partial charge on any atom is -0.491 e. The van der Waals surface area contributed by atoms with Gasteiger partial charge in [0.05, 0.1) is 46.2 Å². The molecule has 6 nitrogen and oxygen atoms in total. The van der Waals surface area contributed by atoms with Gasteiger partial charge in [0, 0.05) is 6.61 Å². The van der Waals surface area contributed by atoms with E-state index in [1.54, 1.807) is 0 Å². The molecule has 1 aliphatic rings. The molecule has 0 aromatic heterocycles. The van der Waals surface area contributed by atoms with E-state index in [-0.39, 0.29) is 6.29 Å². The summed E-state index contributed by atoms with van der Waals surface area (Å²) in [6.45, 7) is 7.54. The highest BCUT2D eigenvalue weighted by Gasteiger charge is 2.13. The van der Waals surface area contributed by atoms with Crippen molar-refractivity contribution in [3.63, 3.8) is 0 Å². The lowest BCUT2D eigenvalue weighted by Crippen LogP contribution is -2.24. The SMILES string of the molecule is CCCCCCCCc1ccc(OCCOCCOCCOCCOC2CCCCO2)cc1. The first-order valence-corrected chi connectivity index (χ1v) is 13.1. The molecule has 1 heterocycles. The van der Waals surface area contributed by atoms with E-state index in [4.69, 9.17) is 28.4 Å². The van der Waals surface area contributed by atoms with Gasteiger partial charge in [0.25, 0.3) is 0 Å². The van der Waals surface area contributed by atoms with Crippen LogP contribution in [-0.2, 0) is 30.1 Å². The average Bonchev–Trinajstić information content (AvgIpc) is 2.85. The number of rotatable bonds is 21. The maximum Gasteiger partial charge on any atom is 0.157 e. The van der Waals surface area contributed by atoms with Crippen molar-refractivity contribution in [2.75, 3.05) is 59.5 Å². The minimum atomic E-state index is -0.0472. The third-order valence-corrected chi connectivity index (χ3v) is 5.65. The second-order valence-corrected chi connectivity index (χ2v) is 8.51. The van der Waals surface area contributed by atoms with Crippen LogP contribution in [0, 0.1) is 0 Å². The molecule has 0 amide bonds. The van der Waals surface area contributed by atoms with Crippen molar-refractivity contribution in [1.82, 2.24) is 0 Å². The number of hydrogen-bond acceptors (Lipinski definition) is 6. The molecule has 0 N–H and O–H groups in total. The van der Waals surface area contributed by atoms with E-state index < -0.39 is 0 Å². The Hall–Kier alpha value is -1.18. The van der Waals surface area contributed by atoms with Crippen LogP contribution < -0.4 is 4.74 Å². The maximum absolute atomic E-state index is 5.75. The lowest BCUT2D eigenvalue weighted by molar-refractivity contribution is -0.169. The van der Waals surface area contributed by atoms with Crippen molar-refractivity contribution in [1.29, 1.82) is 0 Å². The van der Waals surface area contributed by atoms with Gasteiger partial charge in [-0.2, -0.15) is 0 Å². The molecule has 190 valence electrons. The van der Waals surface area contributed by atoms with Crippen LogP contribution in [0.4, 0.5) is 0 Å². The van der Waals surface area contributed by atoms with E-state index in [0.29, 0.717) is 52.9 Å². The quantitative estimate of drug-likeness (QED) is 0.221. The van der Waals surface area contributed by atoms with Crippen molar-refractivity contribution >= 4 is 0 Å². The van der Waals surface area contributed by atoms with Crippen molar-refractivity contribution in [2.24, 2.45) is 0 Å². The average molecular weight is 467 g/mol. The van der Waals surface area contributed by atoms with E-state index in [0.717, 1.165) is 31.6 Å². The summed E-state index contributed by atoms with van der Waals surface area (Å²) in [6, 6.07) is 8.47. The Morgan fingerprint density at radius 3 is 2.03 bits per heavy atom. The second kappa shape index (κ2) is 20.2. The Bertz CT molecular complexity index is 544. The summed E-state index contributed by atoms with van der Waals surface area (Å²) in [5.41, 5.74) is 1.39. The van der Waals surface area contributed by atoms with E-state index in [9.17, 15) is 0 Å². The van der Waals surface area contributed by atoms with Gasteiger partial charge in [0.15, 0.2) is 6.29 Å². The summed E-state index contributed by atoms with van der Waals surface area (Å²) < 4.78 is 33.4. The Labute approximate surface area is 201 Å². The first kappa shape index (κ1) is 28.1. The van der Waals surface area contributed by atoms with Crippen LogP contribution >= 0.6 is 0 Å². The van der Waals surface area contributed by atoms with Gasteiger partial charge in [-0.1, -0.05) is 51.2 Å². The first-order chi connectivity index (χ1) is 16.4. The van der Waals surface area contributed by atoms with Gasteiger partial charge >= 0.3 is 0 Å². The third-order valence-electron chi connectivity index (χ3n) is 5.65. The number of aryl methyl sites for hydroxylation is 1. The Balaban J connectivity index is 1.32. The summed E-state index contributed by atoms with van der Waals surface area (Å²) >= 11 is 0. The predicted molar refractivity (Wildman–Crippen MR) is 131 cm³/mol. The zero-order valence-corrected chi connectivity index (χ0v) is 20.8. The van der Waals surface area contributed by atoms with Crippen LogP contribution in [0.15, 0.2) is 24.3 Å². The zero-order valence-electron chi connectivity index (χ0n) is 20.8. The molecular formula is C27H46O6. The summed E-state index contributed by atoms with van der Waals surface area (Å²) in [4.78, 5) is 0. The topological polar surface area (TPSA) is 55.4 Å². The van der Waals surface area contributed by atoms with E-state index in [2.05, 4.69) is 31.2 Å². The number of ether oxygens (including phenoxy) is 6. The highest BCUT2D eigenvalue weighted by atomic mass is 16.7. The molecule has 1 aromatic carbocycles. The zero-order chi connectivity index (χ0) is 23.2. The van der Waals surface area contributed by atoms with Crippen molar-refractivity contribution < 1.29 is 28.4 Å². The fourth-order valence-corrected chi connectivity index (χ4v) is 3.70. The molecule has 1 aliphatic heterocycles. The molecule has 6 heteroatoms. The molecule has 1 aromatic rings. The molecule has 1 unspecified atom stereocenters. The van der Waals surface area contributed by atoms with Crippen molar-refractivity contribution in [2.45, 2.75) is 77.4 Å². The Morgan fingerprint density at radius 1 is 0.727 bits per heavy atom. The molecule has 2 rings (SSSR count). The molecule has 1 saturated heterocycles. The minimum absolute atomic E-state index is 0.0472. The standard InChI is InChI=1S/C27H46O6/c1-2-3-4-5-6-7-10-25-12-14-26(15-13-25)31-23-21-29-19-17-28-18-20-30-22-24-33-27-11-8-9-16-32-27/h12-15,27H,2-11,16-24H2,1H3. The smallest absolute Gasteiger partial charge is 0.157 e. The fourth-order valence-electron chi connectivity index (χ4n) is 3.70. The molecule has 0 spiro atoms. The van der Waals surface area contributed by atoms with Gasteiger partial charge in [0.1, 0.15) is 12.4 Å². The maximum atomic E-state index is 5.75. The van der Waals surface area contributed by atoms with Crippen LogP contribution in [0.2, 0.25) is 0 Å². The van der Waals surface area contributed by atoms with Gasteiger partial charge in [-0.05, 0) is 49.8 Å². The largest absolute Gasteiger partial charge is 0.491 e. The van der Waals surface area contributed by atoms with Crippen LogP contribution in [0.5, 0.6) is 5.75 Å². The molecule has 0 saturated carbocycles. The first-order valence-electron chi connectivity index (χ1n) is 13.1. The summed E-state index contributed by atoms with van der Waals surface area (Å²) in [5.74, 6) is 0.901. The molecule has 0 bridgehead atoms. The number of hydrogen-bond donors (Lipinski definition) is 0. The molecular weight excluding hydrogens is 420 g/mol. The van der Waals surface area contributed by atoms with Gasteiger partial charge < -0.3 is 28.4 Å². The highest BCUT2D eigenvalue weighted by molar-refractivity contribution is 5.27. The molecule has 0 radical (unpaired) electrons. The van der Waals surface area contributed by atoms with E-state index >= 15 is 0 Å². The lowest BCUT2D eigenvalue weighted by atomic mass is 10.0. The predicted octanol–water partition coefficient (Wildman–Crippen LogP) is 5.56. The third kappa shape index (κ3) is 15.4. The lowest BCUT2D eigenvalue weighted by Gasteiger charge is -2.22. The fraction of sp³-hybridized carbons (Fsp3) is 0.778. The van der Waals surface area contributed by atoms with Crippen LogP contribution in [0.3, 0.4) is 0 Å². The summed E-state index contributed by atoms with van der Waals surface area (Å²) in [5, 5.41) is 0. The van der Waals surface area contributed by atoms with Crippen LogP contribution in [0.1, 0.15) is 70.3 Å². The Morgan fingerprint density at radius 2 is 1.36 bits per heavy atom. The van der Waals surface area contributed by atoms with Gasteiger partial charge in [-0.3, -0.25) is 0 Å². The monoisotopic (exact) mass is 466 g/mol. The van der Waals surface area contributed by atoms with Crippen LogP contribution in [-0.4, -0.2) is 65.8 Å². The van der Waals surface area contributed by atoms with E-state index in [1.165, 1.54) is 50.5 Å². The molecule has 0 aliphatic carbocycles. The van der Waals surface area contributed by atoms with Crippen LogP contribution in [0.25, 0.3) is 0 Å². The number of unbranched alkanes of at least 4 members (excludes halogenated alkanes) is 5. The summed E-state index contributed by atoms with van der Waals surface area (Å²) in [6.07, 6.45) is 12.4. The number of benzene rings is 1. The van der Waals surface area contributed by atoms with Crippen molar-refractivity contribution in [3.8, 4) is 5.75 Å².